The van der Waals surface area contributed by atoms with Crippen molar-refractivity contribution in [2.24, 2.45) is 11.8 Å². The van der Waals surface area contributed by atoms with Crippen LogP contribution in [0.4, 0.5) is 40.7 Å². The van der Waals surface area contributed by atoms with E-state index in [9.17, 15) is 58.9 Å². The molecule has 2 aliphatic carbocycles. The number of hydrogen-bond donors (Lipinski definition) is 9. The van der Waals surface area contributed by atoms with Crippen molar-refractivity contribution in [1.82, 2.24) is 69.8 Å². The minimum atomic E-state index is -3.18. The van der Waals surface area contributed by atoms with Crippen LogP contribution >= 0.6 is 0 Å². The zero-order valence-corrected chi connectivity index (χ0v) is 84.0. The summed E-state index contributed by atoms with van der Waals surface area (Å²) in [5.41, 5.74) is 11.1. The number of aliphatic hydroxyl groups excluding tert-OH is 2. The molecule has 0 bridgehead atoms. The Morgan fingerprint density at radius 3 is 0.857 bits per heavy atom. The number of methoxy groups -OCH3 is 1. The lowest BCUT2D eigenvalue weighted by Gasteiger charge is -2.27. The monoisotopic (exact) mass is 2040 g/mol. The highest BCUT2D eigenvalue weighted by atomic mass is 32.2. The third kappa shape index (κ3) is 21.0. The van der Waals surface area contributed by atoms with Gasteiger partial charge in [-0.1, -0.05) is 13.8 Å². The van der Waals surface area contributed by atoms with Crippen molar-refractivity contribution < 1.29 is 73.9 Å². The van der Waals surface area contributed by atoms with Crippen LogP contribution in [0.1, 0.15) is 120 Å². The van der Waals surface area contributed by atoms with Crippen molar-refractivity contribution in [3.05, 3.63) is 168 Å². The molecular formula is C95H109N21O17S7. The van der Waals surface area contributed by atoms with Crippen molar-refractivity contribution >= 4 is 186 Å². The van der Waals surface area contributed by atoms with Gasteiger partial charge in [0.2, 0.25) is 0 Å². The zero-order valence-electron chi connectivity index (χ0n) is 78.3. The molecule has 38 nitrogen and oxygen atoms in total. The Balaban J connectivity index is 0.000000113. The van der Waals surface area contributed by atoms with E-state index in [-0.39, 0.29) is 71.1 Å². The second-order valence-electron chi connectivity index (χ2n) is 37.2. The SMILES string of the molecule is CC(C)(C)Nc1ncnc2ccc3c(c12)CCS3(=O)=O.CC(C)CNc1ncnc2ccc3c(c12)CCS3(=O)=O.COCCNc1ncnc2ccc3c(c12)CCS3(=O)=O.C[C@@H](CO)Nc1ncnc2ccc3c(c12)CCS3(=O)=O.C[C@H](CO)Nc1ncnc2ccc3c(c12)CCS3(=O)=O.O=S1(=O)CCc2c1ccc1ncnc(NC3CCC3)c21.O=S1(=O)CCc2c1ccc1ncnc(NCC3CC3)c21. The Morgan fingerprint density at radius 1 is 0.336 bits per heavy atom. The summed E-state index contributed by atoms with van der Waals surface area (Å²) >= 11 is 0. The van der Waals surface area contributed by atoms with Crippen LogP contribution in [0.25, 0.3) is 76.3 Å². The molecule has 23 rings (SSSR count). The highest BCUT2D eigenvalue weighted by Gasteiger charge is 2.38. The topological polar surface area (TPSA) is 553 Å². The van der Waals surface area contributed by atoms with Crippen molar-refractivity contribution in [1.29, 1.82) is 0 Å². The predicted octanol–water partition coefficient (Wildman–Crippen LogP) is 10.4. The van der Waals surface area contributed by atoms with E-state index >= 15 is 0 Å². The average Bonchev–Trinajstić information content (AvgIpc) is 1.60. The number of rotatable bonds is 19. The number of sulfone groups is 7. The van der Waals surface area contributed by atoms with Gasteiger partial charge in [0.25, 0.3) is 0 Å². The largest absolute Gasteiger partial charge is 0.394 e. The smallest absolute Gasteiger partial charge is 0.179 e. The molecule has 9 aliphatic rings. The van der Waals surface area contributed by atoms with Gasteiger partial charge in [-0.2, -0.15) is 0 Å². The molecule has 0 amide bonds. The third-order valence-electron chi connectivity index (χ3n) is 25.6. The van der Waals surface area contributed by atoms with Crippen molar-refractivity contribution in [2.75, 3.05) is 124 Å². The minimum Gasteiger partial charge on any atom is -0.394 e. The molecule has 14 aromatic rings. The van der Waals surface area contributed by atoms with Gasteiger partial charge in [-0.3, -0.25) is 0 Å². The molecular weight excluding hydrogens is 1930 g/mol. The number of ether oxygens (including phenoxy) is 1. The van der Waals surface area contributed by atoms with Gasteiger partial charge in [-0.05, 0) is 247 Å². The van der Waals surface area contributed by atoms with E-state index in [1.165, 1.54) is 57.2 Å². The third-order valence-corrected chi connectivity index (χ3v) is 38.1. The number of anilines is 7. The number of benzene rings is 7. The standard InChI is InChI=1S/2C14H15N3O2S.2C14H17N3O2S.3C13H15N3O3S/c18-20(19)6-5-10-12(20)4-3-11-13(10)14(17-8-16-11)15-7-9-1-2-9;18-20(19)7-6-10-12(20)5-4-11-13(10)14(16-8-15-11)17-9-2-1-3-9;1-14(2,3)17-13-12-9-6-7-20(18,19)11(9)5-4-10(12)15-8-16-13;1-9(2)7-15-14-13-10-5-6-20(18,19)12(10)4-3-11(13)16-8-17-14;1-19-6-5-14-13-12-9-4-7-20(17,18)11(9)3-2-10(12)15-8-16-13;2*1-8(6-17)16-13-12-9-4-5-20(18,19)11(9)3-2-10(12)14-7-15-13/h3-4,8-9H,1-2,5-7H2,(H,15,16,17);4-5,8-9H,1-3,6-7H2,(H,15,16,17);4-5,8H,6-7H2,1-3H3,(H,15,16,17);3-4,8-9H,5-7H2,1-2H3,(H,15,16,17);2-3,8H,4-7H2,1H3,(H,14,15,16);2*2-3,7-8,17H,4-6H2,1H3,(H,14,15,16)/t;;;;;2*8-/m.....10/s1. The summed E-state index contributed by atoms with van der Waals surface area (Å²) in [6.07, 6.45) is 20.2. The number of aromatic nitrogens is 14. The summed E-state index contributed by atoms with van der Waals surface area (Å²) < 4.78 is 173. The second kappa shape index (κ2) is 40.2. The number of aliphatic hydroxyl groups is 2. The lowest BCUT2D eigenvalue weighted by atomic mass is 9.93. The van der Waals surface area contributed by atoms with Gasteiger partial charge < -0.3 is 52.2 Å². The van der Waals surface area contributed by atoms with Crippen LogP contribution in [-0.4, -0.2) is 249 Å². The lowest BCUT2D eigenvalue weighted by Crippen LogP contribution is -2.27. The van der Waals surface area contributed by atoms with Crippen LogP contribution in [0.3, 0.4) is 0 Å². The first-order valence-corrected chi connectivity index (χ1v) is 57.8. The number of hydrogen-bond acceptors (Lipinski definition) is 38. The number of nitrogens with one attached hydrogen (secondary N) is 7. The van der Waals surface area contributed by atoms with Crippen LogP contribution in [0.15, 0.2) is 163 Å². The van der Waals surface area contributed by atoms with Crippen LogP contribution in [0.5, 0.6) is 0 Å². The molecule has 0 unspecified atom stereocenters. The van der Waals surface area contributed by atoms with Gasteiger partial charge in [0, 0.05) is 88.1 Å². The van der Waals surface area contributed by atoms with Gasteiger partial charge in [0.05, 0.1) is 133 Å². The van der Waals surface area contributed by atoms with E-state index in [1.54, 1.807) is 98.4 Å². The molecule has 7 aliphatic heterocycles. The molecule has 7 aromatic carbocycles. The molecule has 738 valence electrons. The first kappa shape index (κ1) is 99.6. The Morgan fingerprint density at radius 2 is 0.593 bits per heavy atom. The van der Waals surface area contributed by atoms with Crippen LogP contribution in [0.2, 0.25) is 0 Å². The quantitative estimate of drug-likeness (QED) is 0.0340. The van der Waals surface area contributed by atoms with E-state index in [1.807, 2.05) is 34.6 Å². The van der Waals surface area contributed by atoms with Crippen LogP contribution in [-0.2, 0) is 119 Å². The Hall–Kier alpha value is -12.0. The van der Waals surface area contributed by atoms with Crippen molar-refractivity contribution in [3.8, 4) is 0 Å². The Labute approximate surface area is 811 Å². The zero-order chi connectivity index (χ0) is 99.2. The van der Waals surface area contributed by atoms with Gasteiger partial charge in [0.15, 0.2) is 68.9 Å². The van der Waals surface area contributed by atoms with E-state index in [2.05, 4.69) is 121 Å². The van der Waals surface area contributed by atoms with Crippen LogP contribution in [0, 0.1) is 11.8 Å². The highest BCUT2D eigenvalue weighted by molar-refractivity contribution is 7.93. The lowest BCUT2D eigenvalue weighted by molar-refractivity contribution is 0.210. The summed E-state index contributed by atoms with van der Waals surface area (Å²) in [5.74, 6) is 7.20. The maximum absolute atomic E-state index is 12.0. The van der Waals surface area contributed by atoms with E-state index in [0.717, 1.165) is 154 Å². The van der Waals surface area contributed by atoms with E-state index < -0.39 is 68.9 Å². The summed E-state index contributed by atoms with van der Waals surface area (Å²) in [4.78, 5) is 62.4. The molecule has 0 saturated heterocycles. The maximum atomic E-state index is 12.0. The molecule has 2 fully saturated rings. The molecule has 2 saturated carbocycles. The molecule has 2 atom stereocenters. The van der Waals surface area contributed by atoms with E-state index in [0.29, 0.717) is 139 Å². The molecule has 9 N–H and O–H groups in total. The molecule has 7 aromatic heterocycles. The van der Waals surface area contributed by atoms with Gasteiger partial charge in [-0.15, -0.1) is 0 Å². The second-order valence-corrected chi connectivity index (χ2v) is 51.8. The minimum absolute atomic E-state index is 0.0289. The molecule has 140 heavy (non-hydrogen) atoms. The fourth-order valence-corrected chi connectivity index (χ4v) is 29.1. The van der Waals surface area contributed by atoms with E-state index in [4.69, 9.17) is 14.9 Å². The fraction of sp³-hybridized carbons (Fsp3) is 0.411. The summed E-state index contributed by atoms with van der Waals surface area (Å²) in [6.45, 7) is 16.8. The predicted molar refractivity (Wildman–Crippen MR) is 537 cm³/mol. The Kier molecular flexibility index (Phi) is 28.6. The normalized spacial score (nSPS) is 18.1. The summed E-state index contributed by atoms with van der Waals surface area (Å²) in [6, 6.07) is 23.9. The molecule has 0 radical (unpaired) electrons. The van der Waals surface area contributed by atoms with Crippen molar-refractivity contribution in [3.63, 3.8) is 0 Å². The molecule has 14 heterocycles. The molecule has 0 spiro atoms. The van der Waals surface area contributed by atoms with Crippen LogP contribution < -0.4 is 37.2 Å². The van der Waals surface area contributed by atoms with Gasteiger partial charge in [-0.25, -0.2) is 129 Å². The van der Waals surface area contributed by atoms with Crippen molar-refractivity contribution in [2.45, 2.75) is 183 Å². The first-order valence-electron chi connectivity index (χ1n) is 46.2. The molecule has 45 heteroatoms. The average molecular weight is 2040 g/mol. The first-order chi connectivity index (χ1) is 66.8. The van der Waals surface area contributed by atoms with Gasteiger partial charge in [0.1, 0.15) is 85.0 Å². The number of fused-ring (bicyclic) bond motifs is 21. The summed E-state index contributed by atoms with van der Waals surface area (Å²) in [7, 11) is -20.4. The van der Waals surface area contributed by atoms with Gasteiger partial charge >= 0.3 is 0 Å². The number of aryl methyl sites for hydroxylation is 7. The number of nitrogens with zero attached hydrogens (tertiary/aromatic N) is 14. The fourth-order valence-electron chi connectivity index (χ4n) is 18.2. The highest BCUT2D eigenvalue weighted by Crippen LogP contribution is 2.44. The maximum Gasteiger partial charge on any atom is 0.179 e. The Bertz CT molecular complexity index is 7670. The summed E-state index contributed by atoms with van der Waals surface area (Å²) in [5, 5.41) is 46.8.